The second-order valence-electron chi connectivity index (χ2n) is 4.79. The van der Waals surface area contributed by atoms with Crippen molar-refractivity contribution in [3.8, 4) is 0 Å². The van der Waals surface area contributed by atoms with Crippen LogP contribution in [0.2, 0.25) is 0 Å². The molecule has 1 heterocycles. The van der Waals surface area contributed by atoms with Crippen LogP contribution in [0.3, 0.4) is 0 Å². The first-order valence-electron chi connectivity index (χ1n) is 6.76. The molecule has 5 heteroatoms. The zero-order valence-corrected chi connectivity index (χ0v) is 12.0. The van der Waals surface area contributed by atoms with Gasteiger partial charge in [0.2, 0.25) is 5.95 Å². The molecule has 106 valence electrons. The molecule has 2 aromatic rings. The van der Waals surface area contributed by atoms with Crippen LogP contribution in [0.5, 0.6) is 0 Å². The summed E-state index contributed by atoms with van der Waals surface area (Å²) >= 11 is 0. The van der Waals surface area contributed by atoms with Crippen molar-refractivity contribution < 1.29 is 0 Å². The number of hydrogen-bond acceptors (Lipinski definition) is 5. The standard InChI is InChI=1S/C15H21N5/c1-12-11-14(19-15(16)18-12)17-9-6-10-20(2)13-7-4-3-5-8-13/h3-5,7-8,11H,6,9-10H2,1-2H3,(H3,16,17,18,19). The van der Waals surface area contributed by atoms with E-state index in [1.807, 2.05) is 19.1 Å². The number of hydrogen-bond donors (Lipinski definition) is 2. The molecule has 0 unspecified atom stereocenters. The van der Waals surface area contributed by atoms with Gasteiger partial charge in [0.15, 0.2) is 0 Å². The summed E-state index contributed by atoms with van der Waals surface area (Å²) in [5.74, 6) is 1.10. The number of aromatic nitrogens is 2. The Balaban J connectivity index is 1.76. The normalized spacial score (nSPS) is 10.3. The molecule has 1 aromatic carbocycles. The van der Waals surface area contributed by atoms with Gasteiger partial charge in [0.25, 0.3) is 0 Å². The van der Waals surface area contributed by atoms with Gasteiger partial charge in [-0.3, -0.25) is 0 Å². The van der Waals surface area contributed by atoms with Gasteiger partial charge in [0, 0.05) is 37.6 Å². The Bertz CT molecular complexity index is 521. The molecule has 2 rings (SSSR count). The monoisotopic (exact) mass is 271 g/mol. The predicted molar refractivity (Wildman–Crippen MR) is 84.0 cm³/mol. The van der Waals surface area contributed by atoms with Crippen LogP contribution in [0.15, 0.2) is 36.4 Å². The fourth-order valence-corrected chi connectivity index (χ4v) is 2.03. The van der Waals surface area contributed by atoms with E-state index in [1.54, 1.807) is 0 Å². The minimum absolute atomic E-state index is 0.314. The summed E-state index contributed by atoms with van der Waals surface area (Å²) in [4.78, 5) is 10.4. The van der Waals surface area contributed by atoms with Gasteiger partial charge in [-0.05, 0) is 25.5 Å². The highest BCUT2D eigenvalue weighted by Crippen LogP contribution is 2.11. The lowest BCUT2D eigenvalue weighted by atomic mass is 10.3. The van der Waals surface area contributed by atoms with Crippen molar-refractivity contribution in [1.82, 2.24) is 9.97 Å². The Kier molecular flexibility index (Phi) is 4.76. The molecule has 3 N–H and O–H groups in total. The van der Waals surface area contributed by atoms with Crippen LogP contribution in [0.1, 0.15) is 12.1 Å². The summed E-state index contributed by atoms with van der Waals surface area (Å²) in [6, 6.07) is 12.3. The maximum absolute atomic E-state index is 5.62. The first-order chi connectivity index (χ1) is 9.65. The fourth-order valence-electron chi connectivity index (χ4n) is 2.03. The third kappa shape index (κ3) is 4.12. The van der Waals surface area contributed by atoms with Crippen molar-refractivity contribution >= 4 is 17.5 Å². The summed E-state index contributed by atoms with van der Waals surface area (Å²) in [7, 11) is 2.10. The van der Waals surface area contributed by atoms with E-state index >= 15 is 0 Å². The summed E-state index contributed by atoms with van der Waals surface area (Å²) in [5.41, 5.74) is 7.72. The van der Waals surface area contributed by atoms with Gasteiger partial charge in [-0.1, -0.05) is 18.2 Å². The third-order valence-corrected chi connectivity index (χ3v) is 3.04. The van der Waals surface area contributed by atoms with E-state index in [0.29, 0.717) is 5.95 Å². The Labute approximate surface area is 119 Å². The maximum atomic E-state index is 5.62. The molecule has 5 nitrogen and oxygen atoms in total. The summed E-state index contributed by atoms with van der Waals surface area (Å²) in [6.07, 6.45) is 1.02. The topological polar surface area (TPSA) is 67.1 Å². The molecule has 0 aliphatic rings. The average Bonchev–Trinajstić information content (AvgIpc) is 2.43. The van der Waals surface area contributed by atoms with Gasteiger partial charge in [-0.25, -0.2) is 4.98 Å². The quantitative estimate of drug-likeness (QED) is 0.789. The lowest BCUT2D eigenvalue weighted by Crippen LogP contribution is -2.21. The van der Waals surface area contributed by atoms with E-state index in [-0.39, 0.29) is 0 Å². The van der Waals surface area contributed by atoms with E-state index in [0.717, 1.165) is 31.0 Å². The molecule has 20 heavy (non-hydrogen) atoms. The third-order valence-electron chi connectivity index (χ3n) is 3.04. The van der Waals surface area contributed by atoms with Gasteiger partial charge in [0.05, 0.1) is 0 Å². The number of nitrogen functional groups attached to an aromatic ring is 1. The molecule has 0 aliphatic carbocycles. The smallest absolute Gasteiger partial charge is 0.222 e. The van der Waals surface area contributed by atoms with Crippen LogP contribution in [-0.4, -0.2) is 30.1 Å². The second kappa shape index (κ2) is 6.75. The van der Waals surface area contributed by atoms with E-state index in [1.165, 1.54) is 5.69 Å². The van der Waals surface area contributed by atoms with E-state index < -0.39 is 0 Å². The molecule has 0 aliphatic heterocycles. The van der Waals surface area contributed by atoms with Crippen LogP contribution in [-0.2, 0) is 0 Å². The van der Waals surface area contributed by atoms with Crippen LogP contribution < -0.4 is 16.0 Å². The molecule has 0 fully saturated rings. The Morgan fingerprint density at radius 2 is 1.95 bits per heavy atom. The molecule has 0 amide bonds. The molecule has 0 saturated heterocycles. The number of para-hydroxylation sites is 1. The maximum Gasteiger partial charge on any atom is 0.222 e. The fraction of sp³-hybridized carbons (Fsp3) is 0.333. The van der Waals surface area contributed by atoms with E-state index in [4.69, 9.17) is 5.73 Å². The number of nitrogens with one attached hydrogen (secondary N) is 1. The number of rotatable bonds is 6. The van der Waals surface area contributed by atoms with Crippen LogP contribution >= 0.6 is 0 Å². The van der Waals surface area contributed by atoms with Crippen molar-refractivity contribution in [2.75, 3.05) is 36.1 Å². The van der Waals surface area contributed by atoms with Crippen molar-refractivity contribution in [2.24, 2.45) is 0 Å². The van der Waals surface area contributed by atoms with Gasteiger partial charge in [0.1, 0.15) is 5.82 Å². The zero-order chi connectivity index (χ0) is 14.4. The molecular weight excluding hydrogens is 250 g/mol. The number of nitrogens with two attached hydrogens (primary N) is 1. The number of aryl methyl sites for hydroxylation is 1. The SMILES string of the molecule is Cc1cc(NCCCN(C)c2ccccc2)nc(N)n1. The Morgan fingerprint density at radius 1 is 1.20 bits per heavy atom. The van der Waals surface area contributed by atoms with Crippen molar-refractivity contribution in [3.05, 3.63) is 42.1 Å². The zero-order valence-electron chi connectivity index (χ0n) is 12.0. The lowest BCUT2D eigenvalue weighted by Gasteiger charge is -2.19. The van der Waals surface area contributed by atoms with Crippen molar-refractivity contribution in [1.29, 1.82) is 0 Å². The molecule has 0 bridgehead atoms. The van der Waals surface area contributed by atoms with Gasteiger partial charge in [-0.15, -0.1) is 0 Å². The lowest BCUT2D eigenvalue weighted by molar-refractivity contribution is 0.813. The second-order valence-corrected chi connectivity index (χ2v) is 4.79. The van der Waals surface area contributed by atoms with E-state index in [2.05, 4.69) is 51.5 Å². The number of benzene rings is 1. The van der Waals surface area contributed by atoms with Crippen LogP contribution in [0.25, 0.3) is 0 Å². The van der Waals surface area contributed by atoms with Gasteiger partial charge < -0.3 is 16.0 Å². The Hall–Kier alpha value is -2.30. The summed E-state index contributed by atoms with van der Waals surface area (Å²) < 4.78 is 0. The average molecular weight is 271 g/mol. The molecule has 0 radical (unpaired) electrons. The summed E-state index contributed by atoms with van der Waals surface area (Å²) in [6.45, 7) is 3.75. The van der Waals surface area contributed by atoms with E-state index in [9.17, 15) is 0 Å². The first kappa shape index (κ1) is 14.1. The largest absolute Gasteiger partial charge is 0.375 e. The Morgan fingerprint density at radius 3 is 2.65 bits per heavy atom. The number of nitrogens with zero attached hydrogens (tertiary/aromatic N) is 3. The van der Waals surface area contributed by atoms with Crippen molar-refractivity contribution in [3.63, 3.8) is 0 Å². The highest BCUT2D eigenvalue weighted by atomic mass is 15.1. The van der Waals surface area contributed by atoms with Crippen LogP contribution in [0.4, 0.5) is 17.5 Å². The number of anilines is 3. The van der Waals surface area contributed by atoms with Gasteiger partial charge in [-0.2, -0.15) is 4.98 Å². The minimum Gasteiger partial charge on any atom is -0.375 e. The van der Waals surface area contributed by atoms with Crippen molar-refractivity contribution in [2.45, 2.75) is 13.3 Å². The minimum atomic E-state index is 0.314. The van der Waals surface area contributed by atoms with Gasteiger partial charge >= 0.3 is 0 Å². The summed E-state index contributed by atoms with van der Waals surface area (Å²) in [5, 5.41) is 3.28. The highest BCUT2D eigenvalue weighted by Gasteiger charge is 2.01. The molecule has 1 aromatic heterocycles. The molecule has 0 spiro atoms. The van der Waals surface area contributed by atoms with Crippen LogP contribution in [0, 0.1) is 6.92 Å². The molecule has 0 atom stereocenters. The molecular formula is C15H21N5. The first-order valence-corrected chi connectivity index (χ1v) is 6.76. The predicted octanol–water partition coefficient (Wildman–Crippen LogP) is 2.31. The highest BCUT2D eigenvalue weighted by molar-refractivity contribution is 5.45. The molecule has 0 saturated carbocycles.